The lowest BCUT2D eigenvalue weighted by molar-refractivity contribution is -0.122. The maximum Gasteiger partial charge on any atom is 0.240 e. The second-order valence-electron chi connectivity index (χ2n) is 6.78. The Bertz CT molecular complexity index is 930. The Morgan fingerprint density at radius 1 is 1.07 bits per heavy atom. The molecule has 1 aliphatic rings. The number of hydrogen-bond acceptors (Lipinski definition) is 5. The van der Waals surface area contributed by atoms with Crippen LogP contribution in [0.4, 0.5) is 11.4 Å². The van der Waals surface area contributed by atoms with Crippen LogP contribution >= 0.6 is 0 Å². The number of nitrogens with one attached hydrogen (secondary N) is 3. The third kappa shape index (κ3) is 4.82. The van der Waals surface area contributed by atoms with Gasteiger partial charge < -0.3 is 5.32 Å². The molecule has 0 spiro atoms. The molecule has 0 aliphatic carbocycles. The molecular formula is C21H23N5O2. The van der Waals surface area contributed by atoms with Crippen LogP contribution < -0.4 is 16.2 Å². The normalized spacial score (nSPS) is 16.8. The minimum absolute atomic E-state index is 0.0514. The van der Waals surface area contributed by atoms with Crippen molar-refractivity contribution in [2.45, 2.75) is 27.2 Å². The molecule has 28 heavy (non-hydrogen) atoms. The number of benzene rings is 2. The quantitative estimate of drug-likeness (QED) is 0.551. The molecule has 1 aliphatic heterocycles. The summed E-state index contributed by atoms with van der Waals surface area (Å²) >= 11 is 0. The molecule has 2 aromatic carbocycles. The summed E-state index contributed by atoms with van der Waals surface area (Å²) in [5.41, 5.74) is 10.8. The van der Waals surface area contributed by atoms with E-state index in [2.05, 4.69) is 26.4 Å². The largest absolute Gasteiger partial charge is 0.326 e. The van der Waals surface area contributed by atoms with E-state index in [4.69, 9.17) is 0 Å². The molecule has 0 radical (unpaired) electrons. The van der Waals surface area contributed by atoms with Crippen molar-refractivity contribution in [1.29, 1.82) is 0 Å². The minimum atomic E-state index is -0.0979. The monoisotopic (exact) mass is 377 g/mol. The first-order valence-corrected chi connectivity index (χ1v) is 9.07. The first-order valence-electron chi connectivity index (χ1n) is 9.07. The molecule has 3 rings (SSSR count). The number of hydrazone groups is 2. The highest BCUT2D eigenvalue weighted by molar-refractivity contribution is 6.06. The van der Waals surface area contributed by atoms with Crippen LogP contribution in [0.25, 0.3) is 0 Å². The average molecular weight is 377 g/mol. The smallest absolute Gasteiger partial charge is 0.240 e. The molecule has 0 saturated heterocycles. The lowest BCUT2D eigenvalue weighted by atomic mass is 9.94. The fraction of sp³-hybridized carbons (Fsp3) is 0.238. The SMILES string of the molecule is CC(=O)Nc1ccc(C(C)=NNc2ccc(C3=NNC(=O)CC3C)cc2)cc1. The van der Waals surface area contributed by atoms with Gasteiger partial charge in [0.15, 0.2) is 0 Å². The number of hydrogen-bond donors (Lipinski definition) is 3. The van der Waals surface area contributed by atoms with Gasteiger partial charge in [0.1, 0.15) is 0 Å². The summed E-state index contributed by atoms with van der Waals surface area (Å²) < 4.78 is 0. The molecule has 0 bridgehead atoms. The summed E-state index contributed by atoms with van der Waals surface area (Å²) in [6.07, 6.45) is 0.447. The van der Waals surface area contributed by atoms with Gasteiger partial charge >= 0.3 is 0 Å². The Balaban J connectivity index is 1.65. The van der Waals surface area contributed by atoms with Crippen LogP contribution in [0, 0.1) is 5.92 Å². The fourth-order valence-electron chi connectivity index (χ4n) is 2.93. The Morgan fingerprint density at radius 3 is 2.32 bits per heavy atom. The highest BCUT2D eigenvalue weighted by atomic mass is 16.2. The predicted octanol–water partition coefficient (Wildman–Crippen LogP) is 3.34. The molecule has 2 aromatic rings. The summed E-state index contributed by atoms with van der Waals surface area (Å²) in [5.74, 6) is -0.0584. The highest BCUT2D eigenvalue weighted by Crippen LogP contribution is 2.18. The van der Waals surface area contributed by atoms with Crippen molar-refractivity contribution in [3.8, 4) is 0 Å². The highest BCUT2D eigenvalue weighted by Gasteiger charge is 2.21. The molecular weight excluding hydrogens is 354 g/mol. The summed E-state index contributed by atoms with van der Waals surface area (Å²) in [7, 11) is 0. The zero-order valence-corrected chi connectivity index (χ0v) is 16.1. The van der Waals surface area contributed by atoms with Crippen molar-refractivity contribution in [1.82, 2.24) is 5.43 Å². The van der Waals surface area contributed by atoms with Crippen molar-refractivity contribution >= 4 is 34.6 Å². The van der Waals surface area contributed by atoms with E-state index in [0.29, 0.717) is 6.42 Å². The number of rotatable bonds is 5. The van der Waals surface area contributed by atoms with Crippen LogP contribution in [0.2, 0.25) is 0 Å². The summed E-state index contributed by atoms with van der Waals surface area (Å²) in [5, 5.41) is 11.3. The summed E-state index contributed by atoms with van der Waals surface area (Å²) in [6, 6.07) is 15.3. The van der Waals surface area contributed by atoms with Crippen molar-refractivity contribution in [2.75, 3.05) is 10.7 Å². The minimum Gasteiger partial charge on any atom is -0.326 e. The van der Waals surface area contributed by atoms with E-state index in [9.17, 15) is 9.59 Å². The van der Waals surface area contributed by atoms with Gasteiger partial charge in [-0.1, -0.05) is 31.2 Å². The molecule has 1 unspecified atom stereocenters. The third-order valence-corrected chi connectivity index (χ3v) is 4.42. The number of anilines is 2. The Morgan fingerprint density at radius 2 is 1.71 bits per heavy atom. The van der Waals surface area contributed by atoms with Gasteiger partial charge in [-0.25, -0.2) is 5.43 Å². The van der Waals surface area contributed by atoms with E-state index >= 15 is 0 Å². The van der Waals surface area contributed by atoms with Gasteiger partial charge in [0.05, 0.1) is 17.1 Å². The average Bonchev–Trinajstić information content (AvgIpc) is 2.67. The topological polar surface area (TPSA) is 94.9 Å². The molecule has 144 valence electrons. The van der Waals surface area contributed by atoms with Crippen LogP contribution in [-0.2, 0) is 9.59 Å². The summed E-state index contributed by atoms with van der Waals surface area (Å²) in [4.78, 5) is 22.5. The number of amides is 2. The zero-order valence-electron chi connectivity index (χ0n) is 16.1. The van der Waals surface area contributed by atoms with Crippen LogP contribution in [0.15, 0.2) is 58.7 Å². The maximum absolute atomic E-state index is 11.4. The maximum atomic E-state index is 11.4. The summed E-state index contributed by atoms with van der Waals surface area (Å²) in [6.45, 7) is 5.39. The van der Waals surface area contributed by atoms with Crippen LogP contribution in [0.1, 0.15) is 38.3 Å². The number of carbonyl (C=O) groups is 2. The van der Waals surface area contributed by atoms with Gasteiger partial charge in [-0.15, -0.1) is 0 Å². The first-order chi connectivity index (χ1) is 13.4. The molecule has 3 N–H and O–H groups in total. The molecule has 0 fully saturated rings. The van der Waals surface area contributed by atoms with Gasteiger partial charge in [0, 0.05) is 24.9 Å². The zero-order chi connectivity index (χ0) is 20.1. The van der Waals surface area contributed by atoms with Crippen LogP contribution in [-0.4, -0.2) is 23.2 Å². The number of nitrogens with zero attached hydrogens (tertiary/aromatic N) is 2. The van der Waals surface area contributed by atoms with Gasteiger partial charge in [0.25, 0.3) is 0 Å². The predicted molar refractivity (Wildman–Crippen MR) is 111 cm³/mol. The first kappa shape index (κ1) is 19.3. The van der Waals surface area contributed by atoms with Gasteiger partial charge in [-0.2, -0.15) is 10.2 Å². The van der Waals surface area contributed by atoms with Crippen LogP contribution in [0.3, 0.4) is 0 Å². The second kappa shape index (κ2) is 8.47. The van der Waals surface area contributed by atoms with E-state index < -0.39 is 0 Å². The molecule has 2 amide bonds. The Hall–Kier alpha value is -3.48. The third-order valence-electron chi connectivity index (χ3n) is 4.42. The lowest BCUT2D eigenvalue weighted by Crippen LogP contribution is -2.31. The van der Waals surface area contributed by atoms with E-state index in [1.807, 2.05) is 62.4 Å². The molecule has 1 atom stereocenters. The van der Waals surface area contributed by atoms with Crippen molar-refractivity contribution in [3.63, 3.8) is 0 Å². The molecule has 0 saturated carbocycles. The molecule has 7 heteroatoms. The fourth-order valence-corrected chi connectivity index (χ4v) is 2.93. The molecule has 1 heterocycles. The van der Waals surface area contributed by atoms with E-state index in [1.54, 1.807) is 0 Å². The standard InChI is InChI=1S/C21H23N5O2/c1-13-12-20(28)25-26-21(13)17-6-10-19(11-7-17)24-23-14(2)16-4-8-18(9-5-16)22-15(3)27/h4-11,13,24H,12H2,1-3H3,(H,22,27)(H,25,28). The Kier molecular flexibility index (Phi) is 5.84. The Labute approximate surface area is 163 Å². The molecule has 0 aromatic heterocycles. The van der Waals surface area contributed by atoms with Gasteiger partial charge in [0.2, 0.25) is 11.8 Å². The van der Waals surface area contributed by atoms with Gasteiger partial charge in [-0.05, 0) is 42.3 Å². The second-order valence-corrected chi connectivity index (χ2v) is 6.78. The lowest BCUT2D eigenvalue weighted by Gasteiger charge is -2.19. The number of carbonyl (C=O) groups excluding carboxylic acids is 2. The van der Waals surface area contributed by atoms with Crippen LogP contribution in [0.5, 0.6) is 0 Å². The van der Waals surface area contributed by atoms with Crippen molar-refractivity contribution in [2.24, 2.45) is 16.1 Å². The van der Waals surface area contributed by atoms with E-state index in [1.165, 1.54) is 6.92 Å². The molecule has 7 nitrogen and oxygen atoms in total. The van der Waals surface area contributed by atoms with Crippen molar-refractivity contribution < 1.29 is 9.59 Å². The van der Waals surface area contributed by atoms with Crippen molar-refractivity contribution in [3.05, 3.63) is 59.7 Å². The van der Waals surface area contributed by atoms with E-state index in [0.717, 1.165) is 33.9 Å². The van der Waals surface area contributed by atoms with Gasteiger partial charge in [-0.3, -0.25) is 15.0 Å². The van der Waals surface area contributed by atoms with E-state index in [-0.39, 0.29) is 17.7 Å².